The molecule has 0 saturated carbocycles. The topological polar surface area (TPSA) is 87.5 Å². The highest BCUT2D eigenvalue weighted by Gasteiger charge is 2.23. The van der Waals surface area contributed by atoms with E-state index in [-0.39, 0.29) is 17.5 Å². The molecular formula is C14H22N4O3. The number of rotatable bonds is 7. The summed E-state index contributed by atoms with van der Waals surface area (Å²) in [7, 11) is 3.32. The molecule has 1 unspecified atom stereocenters. The molecule has 0 bridgehead atoms. The number of nitrogens with zero attached hydrogens (tertiary/aromatic N) is 2. The second kappa shape index (κ2) is 7.47. The molecule has 0 aromatic heterocycles. The van der Waals surface area contributed by atoms with Gasteiger partial charge in [0, 0.05) is 27.2 Å². The minimum Gasteiger partial charge on any atom is -0.380 e. The van der Waals surface area contributed by atoms with Gasteiger partial charge in [-0.15, -0.1) is 0 Å². The summed E-state index contributed by atoms with van der Waals surface area (Å²) >= 11 is 0. The van der Waals surface area contributed by atoms with Gasteiger partial charge >= 0.3 is 5.69 Å². The molecular weight excluding hydrogens is 272 g/mol. The summed E-state index contributed by atoms with van der Waals surface area (Å²) in [4.78, 5) is 24.3. The van der Waals surface area contributed by atoms with Crippen molar-refractivity contribution in [3.8, 4) is 0 Å². The zero-order valence-electron chi connectivity index (χ0n) is 12.8. The van der Waals surface area contributed by atoms with Crippen LogP contribution in [-0.4, -0.2) is 38.0 Å². The summed E-state index contributed by atoms with van der Waals surface area (Å²) in [6.45, 7) is 4.67. The quantitative estimate of drug-likeness (QED) is 0.592. The van der Waals surface area contributed by atoms with Gasteiger partial charge in [0.15, 0.2) is 0 Å². The Hall–Kier alpha value is -2.31. The monoisotopic (exact) mass is 294 g/mol. The Labute approximate surface area is 124 Å². The molecule has 0 fully saturated rings. The Bertz CT molecular complexity index is 519. The van der Waals surface area contributed by atoms with Crippen LogP contribution in [0.1, 0.15) is 13.8 Å². The number of hydrogen-bond donors (Lipinski definition) is 2. The van der Waals surface area contributed by atoms with E-state index < -0.39 is 4.92 Å². The highest BCUT2D eigenvalue weighted by atomic mass is 16.6. The van der Waals surface area contributed by atoms with Crippen LogP contribution in [0.2, 0.25) is 0 Å². The van der Waals surface area contributed by atoms with E-state index in [0.29, 0.717) is 24.5 Å². The van der Waals surface area contributed by atoms with Crippen molar-refractivity contribution in [3.63, 3.8) is 0 Å². The molecule has 116 valence electrons. The van der Waals surface area contributed by atoms with Crippen LogP contribution in [0.25, 0.3) is 0 Å². The Morgan fingerprint density at radius 3 is 2.67 bits per heavy atom. The molecule has 0 spiro atoms. The molecule has 1 aromatic carbocycles. The average Bonchev–Trinajstić information content (AvgIpc) is 2.45. The molecule has 1 rings (SSSR count). The third-order valence-corrected chi connectivity index (χ3v) is 3.22. The summed E-state index contributed by atoms with van der Waals surface area (Å²) in [5.41, 5.74) is 1.01. The fraction of sp³-hybridized carbons (Fsp3) is 0.500. The van der Waals surface area contributed by atoms with Crippen molar-refractivity contribution in [3.05, 3.63) is 28.3 Å². The van der Waals surface area contributed by atoms with Gasteiger partial charge in [0.05, 0.1) is 10.8 Å². The number of nitrogens with one attached hydrogen (secondary N) is 2. The normalized spacial score (nSPS) is 11.6. The molecule has 0 aliphatic carbocycles. The fourth-order valence-electron chi connectivity index (χ4n) is 2.20. The summed E-state index contributed by atoms with van der Waals surface area (Å²) < 4.78 is 0. The minimum atomic E-state index is -0.394. The van der Waals surface area contributed by atoms with Crippen LogP contribution in [0.5, 0.6) is 0 Å². The summed E-state index contributed by atoms with van der Waals surface area (Å²) in [5, 5.41) is 16.9. The Morgan fingerprint density at radius 1 is 1.48 bits per heavy atom. The molecule has 0 heterocycles. The molecule has 1 aromatic rings. The average molecular weight is 294 g/mol. The van der Waals surface area contributed by atoms with Crippen LogP contribution < -0.4 is 15.5 Å². The van der Waals surface area contributed by atoms with Crippen molar-refractivity contribution >= 4 is 23.0 Å². The molecule has 1 atom stereocenters. The van der Waals surface area contributed by atoms with Crippen LogP contribution in [0.3, 0.4) is 0 Å². The van der Waals surface area contributed by atoms with E-state index in [1.165, 1.54) is 0 Å². The van der Waals surface area contributed by atoms with Crippen LogP contribution in [0.15, 0.2) is 18.2 Å². The van der Waals surface area contributed by atoms with E-state index in [0.717, 1.165) is 0 Å². The lowest BCUT2D eigenvalue weighted by molar-refractivity contribution is -0.383. The standard InChI is InChI=1S/C14H22N4O3/c1-5-16-11-7-6-8-12(13(11)18(20)21)17(4)9-10(2)14(19)15-3/h6-8,10,16H,5,9H2,1-4H3,(H,15,19). The first-order chi connectivity index (χ1) is 9.92. The highest BCUT2D eigenvalue weighted by Crippen LogP contribution is 2.35. The number of amides is 1. The van der Waals surface area contributed by atoms with Crippen LogP contribution in [0.4, 0.5) is 17.1 Å². The van der Waals surface area contributed by atoms with E-state index in [2.05, 4.69) is 10.6 Å². The van der Waals surface area contributed by atoms with Gasteiger partial charge in [-0.2, -0.15) is 0 Å². The molecule has 0 aliphatic heterocycles. The number of nitro benzene ring substituents is 1. The van der Waals surface area contributed by atoms with Crippen molar-refractivity contribution in [2.45, 2.75) is 13.8 Å². The molecule has 21 heavy (non-hydrogen) atoms. The fourth-order valence-corrected chi connectivity index (χ4v) is 2.20. The van der Waals surface area contributed by atoms with Gasteiger partial charge in [-0.1, -0.05) is 13.0 Å². The van der Waals surface area contributed by atoms with Gasteiger partial charge in [0.25, 0.3) is 0 Å². The van der Waals surface area contributed by atoms with E-state index in [4.69, 9.17) is 0 Å². The molecule has 0 radical (unpaired) electrons. The van der Waals surface area contributed by atoms with Crippen molar-refractivity contribution in [1.82, 2.24) is 5.32 Å². The van der Waals surface area contributed by atoms with E-state index in [1.807, 2.05) is 6.92 Å². The predicted molar refractivity (Wildman–Crippen MR) is 83.8 cm³/mol. The lowest BCUT2D eigenvalue weighted by atomic mass is 10.1. The largest absolute Gasteiger partial charge is 0.380 e. The lowest BCUT2D eigenvalue weighted by Crippen LogP contribution is -2.34. The van der Waals surface area contributed by atoms with Crippen LogP contribution in [0, 0.1) is 16.0 Å². The first-order valence-electron chi connectivity index (χ1n) is 6.86. The second-order valence-electron chi connectivity index (χ2n) is 4.86. The number of nitro groups is 1. The van der Waals surface area contributed by atoms with Crippen molar-refractivity contribution in [2.24, 2.45) is 5.92 Å². The van der Waals surface area contributed by atoms with E-state index in [1.54, 1.807) is 44.1 Å². The third kappa shape index (κ3) is 4.08. The van der Waals surface area contributed by atoms with E-state index >= 15 is 0 Å². The lowest BCUT2D eigenvalue weighted by Gasteiger charge is -2.23. The number of benzene rings is 1. The first-order valence-corrected chi connectivity index (χ1v) is 6.86. The summed E-state index contributed by atoms with van der Waals surface area (Å²) in [5.74, 6) is -0.352. The summed E-state index contributed by atoms with van der Waals surface area (Å²) in [6, 6.07) is 5.14. The Balaban J connectivity index is 3.08. The zero-order chi connectivity index (χ0) is 16.0. The molecule has 0 saturated heterocycles. The van der Waals surface area contributed by atoms with Gasteiger partial charge in [0.1, 0.15) is 11.4 Å². The summed E-state index contributed by atoms with van der Waals surface area (Å²) in [6.07, 6.45) is 0. The Kier molecular flexibility index (Phi) is 5.95. The Morgan fingerprint density at radius 2 is 2.14 bits per heavy atom. The highest BCUT2D eigenvalue weighted by molar-refractivity contribution is 5.80. The van der Waals surface area contributed by atoms with Gasteiger partial charge in [-0.05, 0) is 19.1 Å². The van der Waals surface area contributed by atoms with Crippen molar-refractivity contribution in [1.29, 1.82) is 0 Å². The number of anilines is 2. The minimum absolute atomic E-state index is 0.0333. The van der Waals surface area contributed by atoms with Crippen LogP contribution >= 0.6 is 0 Å². The zero-order valence-corrected chi connectivity index (χ0v) is 12.8. The number of carbonyl (C=O) groups is 1. The maximum atomic E-state index is 11.6. The van der Waals surface area contributed by atoms with Gasteiger partial charge < -0.3 is 15.5 Å². The maximum absolute atomic E-state index is 11.6. The maximum Gasteiger partial charge on any atom is 0.315 e. The smallest absolute Gasteiger partial charge is 0.315 e. The predicted octanol–water partition coefficient (Wildman–Crippen LogP) is 1.84. The number of carbonyl (C=O) groups excluding carboxylic acids is 1. The van der Waals surface area contributed by atoms with Crippen molar-refractivity contribution in [2.75, 3.05) is 37.4 Å². The molecule has 0 aliphatic rings. The number of hydrogen-bond acceptors (Lipinski definition) is 5. The molecule has 2 N–H and O–H groups in total. The van der Waals surface area contributed by atoms with Crippen molar-refractivity contribution < 1.29 is 9.72 Å². The second-order valence-corrected chi connectivity index (χ2v) is 4.86. The van der Waals surface area contributed by atoms with E-state index in [9.17, 15) is 14.9 Å². The molecule has 1 amide bonds. The molecule has 7 nitrogen and oxygen atoms in total. The van der Waals surface area contributed by atoms with Gasteiger partial charge in [0.2, 0.25) is 5.91 Å². The van der Waals surface area contributed by atoms with Gasteiger partial charge in [-0.3, -0.25) is 14.9 Å². The first kappa shape index (κ1) is 16.7. The molecule has 7 heteroatoms. The van der Waals surface area contributed by atoms with Gasteiger partial charge in [-0.25, -0.2) is 0 Å². The SMILES string of the molecule is CCNc1cccc(N(C)CC(C)C(=O)NC)c1[N+](=O)[O-]. The number of para-hydroxylation sites is 1. The van der Waals surface area contributed by atoms with Crippen LogP contribution in [-0.2, 0) is 4.79 Å². The third-order valence-electron chi connectivity index (χ3n) is 3.22.